The zero-order chi connectivity index (χ0) is 9.97. The third-order valence-corrected chi connectivity index (χ3v) is 2.04. The summed E-state index contributed by atoms with van der Waals surface area (Å²) in [5.41, 5.74) is 1.85. The van der Waals surface area contributed by atoms with E-state index in [1.165, 1.54) is 6.20 Å². The number of aryl methyl sites for hydroxylation is 1. The first-order chi connectivity index (χ1) is 6.77. The van der Waals surface area contributed by atoms with Gasteiger partial charge in [0.05, 0.1) is 6.20 Å². The lowest BCUT2D eigenvalue weighted by Gasteiger charge is -2.02. The predicted octanol–water partition coefficient (Wildman–Crippen LogP) is 1.69. The van der Waals surface area contributed by atoms with Gasteiger partial charge in [0.2, 0.25) is 0 Å². The number of benzene rings is 1. The summed E-state index contributed by atoms with van der Waals surface area (Å²) in [5, 5.41) is 11.1. The van der Waals surface area contributed by atoms with E-state index in [1.807, 2.05) is 30.3 Å². The lowest BCUT2D eigenvalue weighted by Crippen LogP contribution is -2.30. The second-order valence-electron chi connectivity index (χ2n) is 3.05. The SMILES string of the molecule is Cc1nc(-c2ccccc2)cc[n+]1[O-]. The van der Waals surface area contributed by atoms with Crippen LogP contribution in [0.25, 0.3) is 11.3 Å². The van der Waals surface area contributed by atoms with E-state index in [9.17, 15) is 5.21 Å². The maximum absolute atomic E-state index is 11.1. The van der Waals surface area contributed by atoms with Crippen LogP contribution in [0.1, 0.15) is 5.82 Å². The van der Waals surface area contributed by atoms with E-state index in [0.29, 0.717) is 5.82 Å². The molecule has 2 aromatic rings. The van der Waals surface area contributed by atoms with Crippen molar-refractivity contribution in [2.75, 3.05) is 0 Å². The molecule has 0 unspecified atom stereocenters. The Bertz CT molecular complexity index is 440. The number of aromatic nitrogens is 2. The summed E-state index contributed by atoms with van der Waals surface area (Å²) in [7, 11) is 0. The Morgan fingerprint density at radius 1 is 1.14 bits per heavy atom. The quantitative estimate of drug-likeness (QED) is 0.502. The molecule has 3 heteroatoms. The molecular weight excluding hydrogens is 176 g/mol. The minimum atomic E-state index is 0.464. The van der Waals surface area contributed by atoms with E-state index in [1.54, 1.807) is 13.0 Å². The second kappa shape index (κ2) is 3.46. The molecule has 0 amide bonds. The fourth-order valence-corrected chi connectivity index (χ4v) is 1.28. The van der Waals surface area contributed by atoms with Gasteiger partial charge in [-0.05, 0) is 4.98 Å². The number of hydrogen-bond acceptors (Lipinski definition) is 2. The van der Waals surface area contributed by atoms with Crippen LogP contribution in [0.5, 0.6) is 0 Å². The van der Waals surface area contributed by atoms with Gasteiger partial charge >= 0.3 is 0 Å². The highest BCUT2D eigenvalue weighted by Gasteiger charge is 2.06. The van der Waals surface area contributed by atoms with Crippen molar-refractivity contribution in [2.24, 2.45) is 0 Å². The Morgan fingerprint density at radius 2 is 1.86 bits per heavy atom. The lowest BCUT2D eigenvalue weighted by molar-refractivity contribution is -0.615. The van der Waals surface area contributed by atoms with E-state index in [4.69, 9.17) is 0 Å². The third kappa shape index (κ3) is 1.57. The largest absolute Gasteiger partial charge is 0.711 e. The fraction of sp³-hybridized carbons (Fsp3) is 0.0909. The molecule has 3 nitrogen and oxygen atoms in total. The summed E-state index contributed by atoms with van der Waals surface area (Å²) >= 11 is 0. The highest BCUT2D eigenvalue weighted by atomic mass is 16.5. The molecule has 0 radical (unpaired) electrons. The molecule has 0 aliphatic heterocycles. The average Bonchev–Trinajstić information content (AvgIpc) is 2.23. The van der Waals surface area contributed by atoms with E-state index in [2.05, 4.69) is 4.98 Å². The fourth-order valence-electron chi connectivity index (χ4n) is 1.28. The molecule has 70 valence electrons. The van der Waals surface area contributed by atoms with Crippen molar-refractivity contribution >= 4 is 0 Å². The van der Waals surface area contributed by atoms with Gasteiger partial charge in [0, 0.05) is 18.6 Å². The van der Waals surface area contributed by atoms with Gasteiger partial charge in [-0.2, -0.15) is 0 Å². The van der Waals surface area contributed by atoms with Gasteiger partial charge in [-0.25, -0.2) is 4.73 Å². The summed E-state index contributed by atoms with van der Waals surface area (Å²) in [6, 6.07) is 11.5. The number of nitrogens with zero attached hydrogens (tertiary/aromatic N) is 2. The molecule has 1 aromatic heterocycles. The van der Waals surface area contributed by atoms with E-state index < -0.39 is 0 Å². The van der Waals surface area contributed by atoms with Gasteiger partial charge in [-0.15, -0.1) is 0 Å². The molecule has 0 bridgehead atoms. The highest BCUT2D eigenvalue weighted by Crippen LogP contribution is 2.14. The smallest absolute Gasteiger partial charge is 0.298 e. The van der Waals surface area contributed by atoms with Gasteiger partial charge in [0.1, 0.15) is 0 Å². The van der Waals surface area contributed by atoms with Crippen molar-refractivity contribution in [3.63, 3.8) is 0 Å². The lowest BCUT2D eigenvalue weighted by atomic mass is 10.1. The molecule has 1 heterocycles. The summed E-state index contributed by atoms with van der Waals surface area (Å²) in [4.78, 5) is 4.19. The van der Waals surface area contributed by atoms with Crippen LogP contribution in [0.3, 0.4) is 0 Å². The molecule has 1 aromatic carbocycles. The topological polar surface area (TPSA) is 39.8 Å². The van der Waals surface area contributed by atoms with Crippen molar-refractivity contribution in [2.45, 2.75) is 6.92 Å². The van der Waals surface area contributed by atoms with Gasteiger partial charge in [0.25, 0.3) is 5.82 Å². The first kappa shape index (κ1) is 8.69. The van der Waals surface area contributed by atoms with Crippen LogP contribution in [-0.4, -0.2) is 4.98 Å². The van der Waals surface area contributed by atoms with E-state index >= 15 is 0 Å². The maximum atomic E-state index is 11.1. The molecule has 0 fully saturated rings. The zero-order valence-electron chi connectivity index (χ0n) is 7.84. The highest BCUT2D eigenvalue weighted by molar-refractivity contribution is 5.57. The van der Waals surface area contributed by atoms with Crippen LogP contribution in [0.15, 0.2) is 42.6 Å². The van der Waals surface area contributed by atoms with E-state index in [-0.39, 0.29) is 0 Å². The molecule has 0 spiro atoms. The van der Waals surface area contributed by atoms with Gasteiger partial charge < -0.3 is 5.21 Å². The second-order valence-corrected chi connectivity index (χ2v) is 3.05. The molecule has 0 saturated carbocycles. The molecule has 0 aliphatic rings. The van der Waals surface area contributed by atoms with Crippen LogP contribution in [0.2, 0.25) is 0 Å². The Balaban J connectivity index is 2.48. The molecule has 0 atom stereocenters. The molecule has 0 aliphatic carbocycles. The standard InChI is InChI=1S/C11H10N2O/c1-9-12-11(7-8-13(9)14)10-5-3-2-4-6-10/h2-8H,1H3. The first-order valence-electron chi connectivity index (χ1n) is 4.39. The first-order valence-corrected chi connectivity index (χ1v) is 4.39. The molecule has 0 saturated heterocycles. The van der Waals surface area contributed by atoms with Crippen LogP contribution in [0.4, 0.5) is 0 Å². The maximum Gasteiger partial charge on any atom is 0.298 e. The Hall–Kier alpha value is -1.90. The van der Waals surface area contributed by atoms with Gasteiger partial charge in [-0.3, -0.25) is 0 Å². The van der Waals surface area contributed by atoms with Crippen molar-refractivity contribution in [3.05, 3.63) is 53.6 Å². The minimum Gasteiger partial charge on any atom is -0.711 e. The van der Waals surface area contributed by atoms with Gasteiger partial charge in [0.15, 0.2) is 5.69 Å². The van der Waals surface area contributed by atoms with Crippen LogP contribution in [0, 0.1) is 12.1 Å². The van der Waals surface area contributed by atoms with Crippen molar-refractivity contribution in [1.29, 1.82) is 0 Å². The van der Waals surface area contributed by atoms with E-state index in [0.717, 1.165) is 16.0 Å². The average molecular weight is 186 g/mol. The predicted molar refractivity (Wildman–Crippen MR) is 53.4 cm³/mol. The summed E-state index contributed by atoms with van der Waals surface area (Å²) < 4.78 is 0.756. The summed E-state index contributed by atoms with van der Waals surface area (Å²) in [5.74, 6) is 0.464. The van der Waals surface area contributed by atoms with Gasteiger partial charge in [-0.1, -0.05) is 30.3 Å². The Labute approximate surface area is 82.3 Å². The normalized spacial score (nSPS) is 10.1. The van der Waals surface area contributed by atoms with Crippen LogP contribution >= 0.6 is 0 Å². The van der Waals surface area contributed by atoms with Crippen molar-refractivity contribution in [1.82, 2.24) is 4.98 Å². The van der Waals surface area contributed by atoms with Crippen molar-refractivity contribution < 1.29 is 4.73 Å². The molecule has 2 rings (SSSR count). The summed E-state index contributed by atoms with van der Waals surface area (Å²) in [6.07, 6.45) is 1.48. The van der Waals surface area contributed by atoms with Crippen molar-refractivity contribution in [3.8, 4) is 11.3 Å². The van der Waals surface area contributed by atoms with Crippen LogP contribution in [-0.2, 0) is 0 Å². The number of hydrogen-bond donors (Lipinski definition) is 0. The number of rotatable bonds is 1. The summed E-state index contributed by atoms with van der Waals surface area (Å²) in [6.45, 7) is 1.69. The molecular formula is C11H10N2O. The Morgan fingerprint density at radius 3 is 2.50 bits per heavy atom. The molecule has 14 heavy (non-hydrogen) atoms. The third-order valence-electron chi connectivity index (χ3n) is 2.04. The molecule has 0 N–H and O–H groups in total. The monoisotopic (exact) mass is 186 g/mol. The Kier molecular flexibility index (Phi) is 2.14. The van der Waals surface area contributed by atoms with Crippen LogP contribution < -0.4 is 4.73 Å². The zero-order valence-corrected chi connectivity index (χ0v) is 7.84. The minimum absolute atomic E-state index is 0.464.